The summed E-state index contributed by atoms with van der Waals surface area (Å²) in [7, 11) is 0. The monoisotopic (exact) mass is 288 g/mol. The second-order valence-corrected chi connectivity index (χ2v) is 7.39. The summed E-state index contributed by atoms with van der Waals surface area (Å²) in [6.45, 7) is 14.1. The molecule has 1 saturated heterocycles. The molecule has 1 aromatic rings. The Bertz CT molecular complexity index is 403. The minimum atomic E-state index is 0.464. The number of hydrogen-bond donors (Lipinski definition) is 1. The van der Waals surface area contributed by atoms with E-state index in [1.807, 2.05) is 0 Å². The summed E-state index contributed by atoms with van der Waals surface area (Å²) < 4.78 is 0. The molecule has 2 atom stereocenters. The number of nitrogens with zero attached hydrogens (tertiary/aromatic N) is 1. The Hall–Kier alpha value is -0.860. The maximum absolute atomic E-state index is 3.68. The molecule has 21 heavy (non-hydrogen) atoms. The summed E-state index contributed by atoms with van der Waals surface area (Å²) in [6.07, 6.45) is 2.66. The van der Waals surface area contributed by atoms with Crippen molar-refractivity contribution in [3.05, 3.63) is 35.9 Å². The molecular weight excluding hydrogens is 256 g/mol. The molecule has 1 N–H and O–H groups in total. The second-order valence-electron chi connectivity index (χ2n) is 7.39. The molecule has 1 aromatic carbocycles. The van der Waals surface area contributed by atoms with Crippen molar-refractivity contribution in [2.45, 2.75) is 46.6 Å². The molecule has 0 radical (unpaired) electrons. The highest BCUT2D eigenvalue weighted by Crippen LogP contribution is 2.31. The Morgan fingerprint density at radius 2 is 1.76 bits per heavy atom. The van der Waals surface area contributed by atoms with E-state index in [1.165, 1.54) is 38.0 Å². The van der Waals surface area contributed by atoms with Crippen LogP contribution >= 0.6 is 0 Å². The molecule has 1 aliphatic heterocycles. The smallest absolute Gasteiger partial charge is 0.0358 e. The number of piperidine rings is 1. The first kappa shape index (κ1) is 16.5. The van der Waals surface area contributed by atoms with Crippen LogP contribution in [0.5, 0.6) is 0 Å². The molecule has 0 saturated carbocycles. The average molecular weight is 288 g/mol. The lowest BCUT2D eigenvalue weighted by Gasteiger charge is -2.39. The number of likely N-dealkylation sites (tertiary alicyclic amines) is 1. The summed E-state index contributed by atoms with van der Waals surface area (Å²) in [5.41, 5.74) is 1.96. The quantitative estimate of drug-likeness (QED) is 0.848. The van der Waals surface area contributed by atoms with E-state index in [1.54, 1.807) is 0 Å². The molecule has 0 bridgehead atoms. The van der Waals surface area contributed by atoms with E-state index in [0.29, 0.717) is 17.4 Å². The summed E-state index contributed by atoms with van der Waals surface area (Å²) in [5, 5.41) is 3.68. The molecule has 0 spiro atoms. The Balaban J connectivity index is 1.95. The van der Waals surface area contributed by atoms with Crippen LogP contribution in [-0.4, -0.2) is 31.1 Å². The Labute approximate surface area is 130 Å². The minimum Gasteiger partial charge on any atom is -0.310 e. The zero-order valence-corrected chi connectivity index (χ0v) is 14.2. The molecule has 1 heterocycles. The molecular formula is C19H32N2. The summed E-state index contributed by atoms with van der Waals surface area (Å²) in [6, 6.07) is 11.4. The van der Waals surface area contributed by atoms with Crippen LogP contribution in [0.25, 0.3) is 0 Å². The summed E-state index contributed by atoms with van der Waals surface area (Å²) in [5.74, 6) is 0.633. The van der Waals surface area contributed by atoms with E-state index in [9.17, 15) is 0 Å². The highest BCUT2D eigenvalue weighted by molar-refractivity contribution is 5.19. The van der Waals surface area contributed by atoms with Crippen molar-refractivity contribution in [3.63, 3.8) is 0 Å². The molecule has 118 valence electrons. The first-order chi connectivity index (χ1) is 10.0. The van der Waals surface area contributed by atoms with E-state index >= 15 is 0 Å². The Morgan fingerprint density at radius 1 is 1.14 bits per heavy atom. The van der Waals surface area contributed by atoms with E-state index in [0.717, 1.165) is 6.54 Å². The standard InChI is InChI=1S/C19H32N2/c1-5-20-18(17-9-7-6-8-10-17)16(2)15-21-13-11-19(3,4)12-14-21/h6-10,16,18,20H,5,11-15H2,1-4H3. The number of hydrogen-bond acceptors (Lipinski definition) is 2. The maximum Gasteiger partial charge on any atom is 0.0358 e. The Morgan fingerprint density at radius 3 is 2.33 bits per heavy atom. The lowest BCUT2D eigenvalue weighted by atomic mass is 9.82. The van der Waals surface area contributed by atoms with Crippen molar-refractivity contribution >= 4 is 0 Å². The van der Waals surface area contributed by atoms with Crippen molar-refractivity contribution in [2.75, 3.05) is 26.2 Å². The fraction of sp³-hybridized carbons (Fsp3) is 0.684. The lowest BCUT2D eigenvalue weighted by Crippen LogP contribution is -2.42. The molecule has 2 unspecified atom stereocenters. The van der Waals surface area contributed by atoms with Crippen LogP contribution in [0, 0.1) is 11.3 Å². The van der Waals surface area contributed by atoms with Crippen molar-refractivity contribution in [1.82, 2.24) is 10.2 Å². The van der Waals surface area contributed by atoms with Gasteiger partial charge in [0.1, 0.15) is 0 Å². The van der Waals surface area contributed by atoms with E-state index in [-0.39, 0.29) is 0 Å². The van der Waals surface area contributed by atoms with Gasteiger partial charge < -0.3 is 10.2 Å². The molecule has 1 fully saturated rings. The van der Waals surface area contributed by atoms with Gasteiger partial charge in [0.2, 0.25) is 0 Å². The first-order valence-corrected chi connectivity index (χ1v) is 8.52. The first-order valence-electron chi connectivity index (χ1n) is 8.52. The highest BCUT2D eigenvalue weighted by Gasteiger charge is 2.27. The largest absolute Gasteiger partial charge is 0.310 e. The minimum absolute atomic E-state index is 0.464. The van der Waals surface area contributed by atoms with Crippen LogP contribution < -0.4 is 5.32 Å². The molecule has 0 aromatic heterocycles. The van der Waals surface area contributed by atoms with Crippen LogP contribution in [0.15, 0.2) is 30.3 Å². The third kappa shape index (κ3) is 4.82. The zero-order chi connectivity index (χ0) is 15.3. The summed E-state index contributed by atoms with van der Waals surface area (Å²) >= 11 is 0. The van der Waals surface area contributed by atoms with Gasteiger partial charge in [0.15, 0.2) is 0 Å². The van der Waals surface area contributed by atoms with Crippen molar-refractivity contribution in [1.29, 1.82) is 0 Å². The number of nitrogens with one attached hydrogen (secondary N) is 1. The SMILES string of the molecule is CCNC(c1ccccc1)C(C)CN1CCC(C)(C)CC1. The van der Waals surface area contributed by atoms with Gasteiger partial charge in [0.25, 0.3) is 0 Å². The van der Waals surface area contributed by atoms with Gasteiger partial charge in [-0.05, 0) is 49.4 Å². The second kappa shape index (κ2) is 7.42. The van der Waals surface area contributed by atoms with Crippen LogP contribution in [-0.2, 0) is 0 Å². The summed E-state index contributed by atoms with van der Waals surface area (Å²) in [4.78, 5) is 2.66. The molecule has 2 nitrogen and oxygen atoms in total. The molecule has 2 heteroatoms. The molecule has 0 amide bonds. The van der Waals surface area contributed by atoms with Crippen LogP contribution in [0.2, 0.25) is 0 Å². The number of benzene rings is 1. The van der Waals surface area contributed by atoms with Gasteiger partial charge >= 0.3 is 0 Å². The van der Waals surface area contributed by atoms with Crippen molar-refractivity contribution in [3.8, 4) is 0 Å². The fourth-order valence-corrected chi connectivity index (χ4v) is 3.38. The molecule has 2 rings (SSSR count). The normalized spacial score (nSPS) is 21.9. The van der Waals surface area contributed by atoms with Crippen molar-refractivity contribution in [2.24, 2.45) is 11.3 Å². The van der Waals surface area contributed by atoms with E-state index in [2.05, 4.69) is 68.2 Å². The van der Waals surface area contributed by atoms with Gasteiger partial charge in [-0.1, -0.05) is 58.0 Å². The topological polar surface area (TPSA) is 15.3 Å². The predicted octanol–water partition coefficient (Wildman–Crippen LogP) is 4.10. The van der Waals surface area contributed by atoms with Crippen LogP contribution in [0.1, 0.15) is 52.1 Å². The van der Waals surface area contributed by atoms with Crippen LogP contribution in [0.3, 0.4) is 0 Å². The van der Waals surface area contributed by atoms with Gasteiger partial charge in [-0.15, -0.1) is 0 Å². The zero-order valence-electron chi connectivity index (χ0n) is 14.2. The Kier molecular flexibility index (Phi) is 5.83. The molecule has 0 aliphatic carbocycles. The molecule has 1 aliphatic rings. The lowest BCUT2D eigenvalue weighted by molar-refractivity contribution is 0.112. The number of rotatable bonds is 6. The van der Waals surface area contributed by atoms with Crippen LogP contribution in [0.4, 0.5) is 0 Å². The maximum atomic E-state index is 3.68. The van der Waals surface area contributed by atoms with Gasteiger partial charge in [0.05, 0.1) is 0 Å². The van der Waals surface area contributed by atoms with Gasteiger partial charge in [-0.3, -0.25) is 0 Å². The van der Waals surface area contributed by atoms with Gasteiger partial charge in [0, 0.05) is 12.6 Å². The van der Waals surface area contributed by atoms with Gasteiger partial charge in [-0.25, -0.2) is 0 Å². The fourth-order valence-electron chi connectivity index (χ4n) is 3.38. The van der Waals surface area contributed by atoms with E-state index in [4.69, 9.17) is 0 Å². The average Bonchev–Trinajstić information content (AvgIpc) is 2.48. The van der Waals surface area contributed by atoms with Gasteiger partial charge in [-0.2, -0.15) is 0 Å². The van der Waals surface area contributed by atoms with Crippen molar-refractivity contribution < 1.29 is 0 Å². The third-order valence-corrected chi connectivity index (χ3v) is 4.91. The predicted molar refractivity (Wildman–Crippen MR) is 91.5 cm³/mol. The third-order valence-electron chi connectivity index (χ3n) is 4.91. The van der Waals surface area contributed by atoms with E-state index < -0.39 is 0 Å². The highest BCUT2D eigenvalue weighted by atomic mass is 15.1.